The molecule has 0 aliphatic heterocycles. The van der Waals surface area contributed by atoms with Gasteiger partial charge >= 0.3 is 11.9 Å². The minimum atomic E-state index is -1.07. The van der Waals surface area contributed by atoms with Crippen LogP contribution in [0.1, 0.15) is 34.1 Å². The van der Waals surface area contributed by atoms with E-state index in [2.05, 4.69) is 20.4 Å². The van der Waals surface area contributed by atoms with E-state index in [0.29, 0.717) is 10.0 Å². The van der Waals surface area contributed by atoms with Gasteiger partial charge in [-0.15, -0.1) is 11.3 Å². The van der Waals surface area contributed by atoms with Crippen LogP contribution in [-0.2, 0) is 28.7 Å². The van der Waals surface area contributed by atoms with Crippen molar-refractivity contribution in [3.05, 3.63) is 18.2 Å². The quantitative estimate of drug-likeness (QED) is 0.449. The van der Waals surface area contributed by atoms with Crippen molar-refractivity contribution in [2.75, 3.05) is 18.2 Å². The van der Waals surface area contributed by atoms with Gasteiger partial charge in [-0.2, -0.15) is 0 Å². The van der Waals surface area contributed by atoms with Crippen molar-refractivity contribution >= 4 is 62.8 Å². The zero-order valence-electron chi connectivity index (χ0n) is 17.9. The number of ether oxygens (including phenoxy) is 2. The lowest BCUT2D eigenvalue weighted by atomic mass is 10.1. The van der Waals surface area contributed by atoms with E-state index in [-0.39, 0.29) is 18.1 Å². The molecule has 0 spiro atoms. The van der Waals surface area contributed by atoms with E-state index in [1.54, 1.807) is 39.0 Å². The lowest BCUT2D eigenvalue weighted by molar-refractivity contribution is -0.156. The van der Waals surface area contributed by atoms with E-state index in [1.165, 1.54) is 37.1 Å². The van der Waals surface area contributed by atoms with Crippen molar-refractivity contribution in [3.8, 4) is 0 Å². The number of nitrogens with zero attached hydrogens (tertiary/aromatic N) is 1. The summed E-state index contributed by atoms with van der Waals surface area (Å²) in [5.41, 5.74) is 0.516. The molecule has 2 rings (SSSR count). The highest BCUT2D eigenvalue weighted by molar-refractivity contribution is 8.01. The first-order valence-corrected chi connectivity index (χ1v) is 11.2. The van der Waals surface area contributed by atoms with Gasteiger partial charge in [0.15, 0.2) is 4.34 Å². The molecule has 9 nitrogen and oxygen atoms in total. The maximum absolute atomic E-state index is 12.7. The molecule has 2 aromatic rings. The Labute approximate surface area is 188 Å². The molecule has 1 aromatic heterocycles. The summed E-state index contributed by atoms with van der Waals surface area (Å²) in [6.45, 7) is 6.44. The fraction of sp³-hybridized carbons (Fsp3) is 0.450. The predicted molar refractivity (Wildman–Crippen MR) is 119 cm³/mol. The number of methoxy groups -OCH3 is 1. The Morgan fingerprint density at radius 2 is 1.90 bits per heavy atom. The molecule has 0 saturated heterocycles. The van der Waals surface area contributed by atoms with Crippen LogP contribution >= 0.6 is 23.1 Å². The second kappa shape index (κ2) is 10.6. The zero-order chi connectivity index (χ0) is 23.2. The average molecular weight is 468 g/mol. The van der Waals surface area contributed by atoms with Crippen molar-refractivity contribution in [3.63, 3.8) is 0 Å². The number of hydrogen-bond donors (Lipinski definition) is 2. The zero-order valence-corrected chi connectivity index (χ0v) is 19.6. The highest BCUT2D eigenvalue weighted by atomic mass is 32.2. The van der Waals surface area contributed by atoms with Crippen LogP contribution in [0.3, 0.4) is 0 Å². The lowest BCUT2D eigenvalue weighted by Crippen LogP contribution is -2.45. The molecule has 11 heteroatoms. The Morgan fingerprint density at radius 1 is 1.19 bits per heavy atom. The van der Waals surface area contributed by atoms with Crippen molar-refractivity contribution in [2.24, 2.45) is 0 Å². The summed E-state index contributed by atoms with van der Waals surface area (Å²) in [5, 5.41) is 5.19. The van der Waals surface area contributed by atoms with Crippen LogP contribution in [0, 0.1) is 0 Å². The summed E-state index contributed by atoms with van der Waals surface area (Å²) < 4.78 is 11.4. The third kappa shape index (κ3) is 8.18. The summed E-state index contributed by atoms with van der Waals surface area (Å²) in [5.74, 6) is -1.75. The van der Waals surface area contributed by atoms with Gasteiger partial charge < -0.3 is 20.1 Å². The second-order valence-corrected chi connectivity index (χ2v) is 9.81. The minimum absolute atomic E-state index is 0.156. The summed E-state index contributed by atoms with van der Waals surface area (Å²) in [4.78, 5) is 52.0. The van der Waals surface area contributed by atoms with Gasteiger partial charge in [0.1, 0.15) is 11.6 Å². The first kappa shape index (κ1) is 24.6. The molecule has 1 heterocycles. The summed E-state index contributed by atoms with van der Waals surface area (Å²) in [6, 6.07) is 4.08. The topological polar surface area (TPSA) is 124 Å². The fourth-order valence-electron chi connectivity index (χ4n) is 2.46. The summed E-state index contributed by atoms with van der Waals surface area (Å²) in [7, 11) is 1.33. The van der Waals surface area contributed by atoms with Crippen molar-refractivity contribution in [2.45, 2.75) is 50.1 Å². The molecule has 1 unspecified atom stereocenters. The Balaban J connectivity index is 2.10. The molecule has 2 N–H and O–H groups in total. The number of anilines is 1. The number of rotatable bonds is 8. The molecule has 0 aliphatic rings. The third-order valence-electron chi connectivity index (χ3n) is 3.66. The van der Waals surface area contributed by atoms with Crippen LogP contribution < -0.4 is 10.6 Å². The Bertz CT molecular complexity index is 983. The van der Waals surface area contributed by atoms with E-state index in [4.69, 9.17) is 4.74 Å². The van der Waals surface area contributed by atoms with Crippen molar-refractivity contribution < 1.29 is 28.7 Å². The van der Waals surface area contributed by atoms with Crippen LogP contribution in [0.4, 0.5) is 5.69 Å². The second-order valence-electron chi connectivity index (χ2n) is 7.56. The molecule has 0 bridgehead atoms. The molecule has 1 atom stereocenters. The molecule has 31 heavy (non-hydrogen) atoms. The molecule has 1 aromatic carbocycles. The van der Waals surface area contributed by atoms with Crippen LogP contribution in [0.25, 0.3) is 10.2 Å². The van der Waals surface area contributed by atoms with Gasteiger partial charge in [0.2, 0.25) is 11.8 Å². The van der Waals surface area contributed by atoms with Gasteiger partial charge in [-0.05, 0) is 39.0 Å². The highest BCUT2D eigenvalue weighted by Gasteiger charge is 2.26. The monoisotopic (exact) mass is 467 g/mol. The van der Waals surface area contributed by atoms with Crippen molar-refractivity contribution in [1.82, 2.24) is 10.3 Å². The first-order chi connectivity index (χ1) is 14.5. The van der Waals surface area contributed by atoms with Crippen LogP contribution in [0.15, 0.2) is 22.5 Å². The van der Waals surface area contributed by atoms with Gasteiger partial charge in [0.25, 0.3) is 0 Å². The van der Waals surface area contributed by atoms with E-state index < -0.39 is 29.4 Å². The van der Waals surface area contributed by atoms with E-state index in [0.717, 1.165) is 10.2 Å². The van der Waals surface area contributed by atoms with E-state index >= 15 is 0 Å². The number of aromatic nitrogens is 1. The Kier molecular flexibility index (Phi) is 8.40. The fourth-order valence-corrected chi connectivity index (χ4v) is 4.40. The summed E-state index contributed by atoms with van der Waals surface area (Å²) >= 11 is 2.64. The smallest absolute Gasteiger partial charge is 0.316 e. The van der Waals surface area contributed by atoms with Gasteiger partial charge in [-0.3, -0.25) is 19.2 Å². The van der Waals surface area contributed by atoms with Crippen molar-refractivity contribution in [1.29, 1.82) is 0 Å². The van der Waals surface area contributed by atoms with Crippen LogP contribution in [0.5, 0.6) is 0 Å². The largest absolute Gasteiger partial charge is 0.468 e. The van der Waals surface area contributed by atoms with Gasteiger partial charge in [0, 0.05) is 12.6 Å². The Morgan fingerprint density at radius 3 is 2.52 bits per heavy atom. The van der Waals surface area contributed by atoms with E-state index in [9.17, 15) is 19.2 Å². The standard InChI is InChI=1S/C20H25N3O6S2/c1-11(24)21-14(9-16(25)29-20(2,3)4)18(27)22-12-6-7-13-15(8-12)31-19(23-13)30-10-17(26)28-5/h6-8,14H,9-10H2,1-5H3,(H,21,24)(H,22,27). The van der Waals surface area contributed by atoms with E-state index in [1.807, 2.05) is 0 Å². The molecular formula is C20H25N3O6S2. The Hall–Kier alpha value is -2.66. The maximum Gasteiger partial charge on any atom is 0.316 e. The number of thiazole rings is 1. The van der Waals surface area contributed by atoms with Crippen LogP contribution in [0.2, 0.25) is 0 Å². The number of esters is 2. The SMILES string of the molecule is COC(=O)CSc1nc2ccc(NC(=O)C(CC(=O)OC(C)(C)C)NC(C)=O)cc2s1. The number of carbonyl (C=O) groups excluding carboxylic acids is 4. The average Bonchev–Trinajstić information content (AvgIpc) is 3.05. The molecule has 0 aliphatic carbocycles. The third-order valence-corrected chi connectivity index (χ3v) is 5.80. The maximum atomic E-state index is 12.7. The highest BCUT2D eigenvalue weighted by Crippen LogP contribution is 2.31. The number of fused-ring (bicyclic) bond motifs is 1. The predicted octanol–water partition coefficient (Wildman–Crippen LogP) is 2.74. The number of hydrogen-bond acceptors (Lipinski definition) is 9. The molecule has 0 radical (unpaired) electrons. The molecule has 0 saturated carbocycles. The molecule has 0 fully saturated rings. The van der Waals surface area contributed by atoms with Crippen LogP contribution in [-0.4, -0.2) is 53.2 Å². The van der Waals surface area contributed by atoms with Gasteiger partial charge in [-0.25, -0.2) is 4.98 Å². The number of thioether (sulfide) groups is 1. The molecule has 168 valence electrons. The molecule has 2 amide bonds. The number of benzene rings is 1. The molecular weight excluding hydrogens is 442 g/mol. The van der Waals surface area contributed by atoms with Gasteiger partial charge in [-0.1, -0.05) is 11.8 Å². The number of carbonyl (C=O) groups is 4. The lowest BCUT2D eigenvalue weighted by Gasteiger charge is -2.22. The first-order valence-electron chi connectivity index (χ1n) is 9.37. The summed E-state index contributed by atoms with van der Waals surface area (Å²) in [6.07, 6.45) is -0.292. The van der Waals surface area contributed by atoms with Gasteiger partial charge in [0.05, 0.1) is 29.5 Å². The number of nitrogens with one attached hydrogen (secondary N) is 2. The minimum Gasteiger partial charge on any atom is -0.468 e. The number of amides is 2. The normalized spacial score (nSPS) is 12.2.